The number of rotatable bonds is 5. The maximum absolute atomic E-state index is 12.4. The Morgan fingerprint density at radius 2 is 1.79 bits per heavy atom. The second-order valence-corrected chi connectivity index (χ2v) is 8.09. The van der Waals surface area contributed by atoms with Gasteiger partial charge in [0, 0.05) is 62.9 Å². The van der Waals surface area contributed by atoms with Gasteiger partial charge in [-0.15, -0.1) is 0 Å². The van der Waals surface area contributed by atoms with Crippen LogP contribution >= 0.6 is 11.6 Å². The molecule has 8 nitrogen and oxygen atoms in total. The Morgan fingerprint density at radius 3 is 2.52 bits per heavy atom. The van der Waals surface area contributed by atoms with Gasteiger partial charge < -0.3 is 10.2 Å². The zero-order valence-electron chi connectivity index (χ0n) is 16.5. The summed E-state index contributed by atoms with van der Waals surface area (Å²) in [6.07, 6.45) is 3.97. The molecule has 3 heterocycles. The van der Waals surface area contributed by atoms with E-state index < -0.39 is 0 Å². The Kier molecular flexibility index (Phi) is 6.20. The van der Waals surface area contributed by atoms with Gasteiger partial charge in [-0.2, -0.15) is 5.10 Å². The Balaban J connectivity index is 1.20. The maximum Gasteiger partial charge on any atom is 0.345 e. The molecule has 1 fully saturated rings. The van der Waals surface area contributed by atoms with Gasteiger partial charge >= 0.3 is 11.7 Å². The fourth-order valence-corrected chi connectivity index (χ4v) is 4.07. The fourth-order valence-electron chi connectivity index (χ4n) is 3.95. The number of anilines is 1. The van der Waals surface area contributed by atoms with Crippen LogP contribution in [0.15, 0.2) is 29.1 Å². The molecule has 2 aromatic rings. The van der Waals surface area contributed by atoms with E-state index in [9.17, 15) is 9.59 Å². The maximum atomic E-state index is 12.4. The zero-order valence-corrected chi connectivity index (χ0v) is 17.3. The highest BCUT2D eigenvalue weighted by Gasteiger charge is 2.21. The summed E-state index contributed by atoms with van der Waals surface area (Å²) in [5.74, 6) is 0.932. The van der Waals surface area contributed by atoms with E-state index >= 15 is 0 Å². The van der Waals surface area contributed by atoms with Crippen molar-refractivity contribution in [1.29, 1.82) is 0 Å². The minimum Gasteiger partial charge on any atom is -0.322 e. The third-order valence-corrected chi connectivity index (χ3v) is 5.88. The van der Waals surface area contributed by atoms with Crippen LogP contribution in [0.3, 0.4) is 0 Å². The van der Waals surface area contributed by atoms with Crippen LogP contribution in [0.5, 0.6) is 0 Å². The van der Waals surface area contributed by atoms with E-state index in [0.29, 0.717) is 24.7 Å². The van der Waals surface area contributed by atoms with Crippen LogP contribution in [0.4, 0.5) is 10.5 Å². The highest BCUT2D eigenvalue weighted by molar-refractivity contribution is 6.30. The molecule has 0 unspecified atom stereocenters. The molecule has 0 aliphatic carbocycles. The first-order valence-corrected chi connectivity index (χ1v) is 10.7. The molecule has 2 aliphatic rings. The summed E-state index contributed by atoms with van der Waals surface area (Å²) < 4.78 is 3.44. The van der Waals surface area contributed by atoms with Crippen LogP contribution in [0, 0.1) is 0 Å². The molecular formula is C20H27ClN6O2. The van der Waals surface area contributed by atoms with Gasteiger partial charge in [-0.3, -0.25) is 9.47 Å². The molecule has 2 aliphatic heterocycles. The largest absolute Gasteiger partial charge is 0.345 e. The van der Waals surface area contributed by atoms with Gasteiger partial charge in [0.05, 0.1) is 0 Å². The van der Waals surface area contributed by atoms with Crippen molar-refractivity contribution in [3.63, 3.8) is 0 Å². The quantitative estimate of drug-likeness (QED) is 0.808. The second-order valence-electron chi connectivity index (χ2n) is 7.65. The normalized spacial score (nSPS) is 17.2. The van der Waals surface area contributed by atoms with Gasteiger partial charge in [-0.05, 0) is 43.5 Å². The van der Waals surface area contributed by atoms with Crippen LogP contribution in [-0.2, 0) is 19.5 Å². The van der Waals surface area contributed by atoms with E-state index in [2.05, 4.69) is 15.3 Å². The number of aromatic nitrogens is 3. The lowest BCUT2D eigenvalue weighted by Gasteiger charge is -2.34. The van der Waals surface area contributed by atoms with Gasteiger partial charge in [0.15, 0.2) is 0 Å². The number of halogens is 1. The van der Waals surface area contributed by atoms with E-state index in [4.69, 9.17) is 11.6 Å². The topological polar surface area (TPSA) is 75.4 Å². The minimum atomic E-state index is -0.0814. The summed E-state index contributed by atoms with van der Waals surface area (Å²) in [4.78, 5) is 29.0. The number of hydrogen-bond acceptors (Lipinski definition) is 4. The first-order valence-electron chi connectivity index (χ1n) is 10.3. The lowest BCUT2D eigenvalue weighted by Crippen LogP contribution is -2.50. The third kappa shape index (κ3) is 4.82. The number of aryl methyl sites for hydroxylation is 2. The van der Waals surface area contributed by atoms with E-state index in [1.54, 1.807) is 28.9 Å². The zero-order chi connectivity index (χ0) is 20.2. The number of carbonyl (C=O) groups is 1. The molecule has 0 bridgehead atoms. The Hall–Kier alpha value is -2.32. The van der Waals surface area contributed by atoms with Crippen molar-refractivity contribution in [2.24, 2.45) is 0 Å². The SMILES string of the molecule is O=C(Nc1ccc(Cl)cc1)N1CCN(CCCn2nc3n(c2=O)CCCC3)CC1. The molecule has 0 saturated carbocycles. The number of carbonyl (C=O) groups excluding carboxylic acids is 1. The molecule has 2 amide bonds. The molecule has 0 spiro atoms. The average molecular weight is 419 g/mol. The Bertz CT molecular complexity index is 899. The van der Waals surface area contributed by atoms with Gasteiger partial charge in [-0.25, -0.2) is 14.3 Å². The Labute approximate surface area is 175 Å². The van der Waals surface area contributed by atoms with Gasteiger partial charge in [0.25, 0.3) is 0 Å². The van der Waals surface area contributed by atoms with Crippen molar-refractivity contribution in [2.75, 3.05) is 38.0 Å². The molecule has 1 aromatic heterocycles. The first-order chi connectivity index (χ1) is 14.1. The summed E-state index contributed by atoms with van der Waals surface area (Å²) in [5, 5.41) is 8.05. The lowest BCUT2D eigenvalue weighted by atomic mass is 10.2. The van der Waals surface area contributed by atoms with Crippen LogP contribution in [0.25, 0.3) is 0 Å². The van der Waals surface area contributed by atoms with Crippen molar-refractivity contribution < 1.29 is 4.79 Å². The van der Waals surface area contributed by atoms with Gasteiger partial charge in [0.2, 0.25) is 0 Å². The first kappa shape index (κ1) is 20.0. The van der Waals surface area contributed by atoms with Crippen molar-refractivity contribution in [3.05, 3.63) is 45.6 Å². The van der Waals surface area contributed by atoms with Crippen molar-refractivity contribution in [1.82, 2.24) is 24.1 Å². The molecule has 0 atom stereocenters. The number of amides is 2. The highest BCUT2D eigenvalue weighted by Crippen LogP contribution is 2.14. The molecule has 1 aromatic carbocycles. The van der Waals surface area contributed by atoms with E-state index in [0.717, 1.165) is 63.4 Å². The van der Waals surface area contributed by atoms with Crippen molar-refractivity contribution in [2.45, 2.75) is 38.8 Å². The van der Waals surface area contributed by atoms with E-state index in [1.807, 2.05) is 9.47 Å². The van der Waals surface area contributed by atoms with Crippen LogP contribution < -0.4 is 11.0 Å². The summed E-state index contributed by atoms with van der Waals surface area (Å²) in [7, 11) is 0. The monoisotopic (exact) mass is 418 g/mol. The Morgan fingerprint density at radius 1 is 1.03 bits per heavy atom. The number of urea groups is 1. The molecule has 0 radical (unpaired) electrons. The third-order valence-electron chi connectivity index (χ3n) is 5.63. The summed E-state index contributed by atoms with van der Waals surface area (Å²) in [6, 6.07) is 7.04. The molecule has 156 valence electrons. The predicted molar refractivity (Wildman–Crippen MR) is 113 cm³/mol. The number of fused-ring (bicyclic) bond motifs is 1. The van der Waals surface area contributed by atoms with E-state index in [-0.39, 0.29) is 11.7 Å². The summed E-state index contributed by atoms with van der Waals surface area (Å²) in [5.41, 5.74) is 0.776. The summed E-state index contributed by atoms with van der Waals surface area (Å²) in [6.45, 7) is 5.41. The summed E-state index contributed by atoms with van der Waals surface area (Å²) >= 11 is 5.88. The standard InChI is InChI=1S/C20H27ClN6O2/c21-16-5-7-17(8-6-16)22-19(28)25-14-12-24(13-15-25)9-3-11-27-20(29)26-10-2-1-4-18(26)23-27/h5-8H,1-4,9-15H2,(H,22,28). The number of piperazine rings is 1. The van der Waals surface area contributed by atoms with Crippen molar-refractivity contribution in [3.8, 4) is 0 Å². The smallest absolute Gasteiger partial charge is 0.322 e. The molecule has 1 N–H and O–H groups in total. The fraction of sp³-hybridized carbons (Fsp3) is 0.550. The molecule has 4 rings (SSSR count). The second kappa shape index (κ2) is 9.00. The van der Waals surface area contributed by atoms with Crippen LogP contribution in [0.1, 0.15) is 25.1 Å². The molecule has 29 heavy (non-hydrogen) atoms. The van der Waals surface area contributed by atoms with Crippen LogP contribution in [0.2, 0.25) is 5.02 Å². The molecular weight excluding hydrogens is 392 g/mol. The lowest BCUT2D eigenvalue weighted by molar-refractivity contribution is 0.145. The highest BCUT2D eigenvalue weighted by atomic mass is 35.5. The number of nitrogens with one attached hydrogen (secondary N) is 1. The number of nitrogens with zero attached hydrogens (tertiary/aromatic N) is 5. The van der Waals surface area contributed by atoms with E-state index in [1.165, 1.54) is 0 Å². The predicted octanol–water partition coefficient (Wildman–Crippen LogP) is 2.27. The van der Waals surface area contributed by atoms with Crippen molar-refractivity contribution >= 4 is 23.3 Å². The average Bonchev–Trinajstić information content (AvgIpc) is 3.06. The minimum absolute atomic E-state index is 0.0309. The van der Waals surface area contributed by atoms with Gasteiger partial charge in [-0.1, -0.05) is 11.6 Å². The van der Waals surface area contributed by atoms with Crippen LogP contribution in [-0.4, -0.2) is 62.9 Å². The molecule has 1 saturated heterocycles. The van der Waals surface area contributed by atoms with Gasteiger partial charge in [0.1, 0.15) is 5.82 Å². The number of hydrogen-bond donors (Lipinski definition) is 1. The molecule has 9 heteroatoms. The number of benzene rings is 1.